The minimum Gasteiger partial charge on any atom is -0.339 e. The van der Waals surface area contributed by atoms with Crippen LogP contribution in [0.1, 0.15) is 27.2 Å². The molecule has 0 bridgehead atoms. The molecule has 0 aliphatic carbocycles. The molecule has 0 heterocycles. The van der Waals surface area contributed by atoms with Crippen LogP contribution in [-0.4, -0.2) is 19.0 Å². The summed E-state index contributed by atoms with van der Waals surface area (Å²) in [6.07, 6.45) is 0.654. The quantitative estimate of drug-likeness (QED) is 0.630. The third-order valence-electron chi connectivity index (χ3n) is 1.90. The first-order valence-electron chi connectivity index (χ1n) is 4.13. The second-order valence-electron chi connectivity index (χ2n) is 3.31. The summed E-state index contributed by atoms with van der Waals surface area (Å²) in [5, 5.41) is 2.26. The Hall–Kier alpha value is -1.26. The van der Waals surface area contributed by atoms with Crippen LogP contribution < -0.4 is 10.8 Å². The molecule has 0 aliphatic heterocycles. The molecule has 0 radical (unpaired) electrons. The van der Waals surface area contributed by atoms with Gasteiger partial charge in [-0.15, -0.1) is 0 Å². The number of rotatable bonds is 2. The molecule has 0 unspecified atom stereocenters. The first kappa shape index (κ1) is 11.7. The zero-order chi connectivity index (χ0) is 10.5. The van der Waals surface area contributed by atoms with E-state index in [-0.39, 0.29) is 0 Å². The fraction of sp³-hybridized carbons (Fsp3) is 0.750. The monoisotopic (exact) mass is 188 g/mol. The summed E-state index contributed by atoms with van der Waals surface area (Å²) in [5.74, 6) is -0.446. The van der Waals surface area contributed by atoms with E-state index < -0.39 is 17.4 Å². The molecule has 2 N–H and O–H groups in total. The molecule has 5 nitrogen and oxygen atoms in total. The Balaban J connectivity index is 3.95. The first-order chi connectivity index (χ1) is 5.94. The second-order valence-corrected chi connectivity index (χ2v) is 3.31. The summed E-state index contributed by atoms with van der Waals surface area (Å²) in [6.45, 7) is 5.38. The predicted octanol–water partition coefficient (Wildman–Crippen LogP) is 0.810. The van der Waals surface area contributed by atoms with Crippen molar-refractivity contribution in [1.29, 1.82) is 0 Å². The number of carbonyl (C=O) groups excluding carboxylic acids is 2. The van der Waals surface area contributed by atoms with Gasteiger partial charge < -0.3 is 10.2 Å². The molecular formula is C8H16N2O3. The summed E-state index contributed by atoms with van der Waals surface area (Å²) < 4.78 is 0. The summed E-state index contributed by atoms with van der Waals surface area (Å²) in [6, 6.07) is -0.541. The lowest BCUT2D eigenvalue weighted by Gasteiger charge is -2.19. The molecular weight excluding hydrogens is 172 g/mol. The highest BCUT2D eigenvalue weighted by Gasteiger charge is 2.27. The van der Waals surface area contributed by atoms with Crippen LogP contribution in [0.2, 0.25) is 0 Å². The number of amides is 2. The van der Waals surface area contributed by atoms with Crippen molar-refractivity contribution in [2.45, 2.75) is 27.2 Å². The molecule has 0 aliphatic rings. The summed E-state index contributed by atoms with van der Waals surface area (Å²) >= 11 is 0. The Bertz CT molecular complexity index is 202. The van der Waals surface area contributed by atoms with Crippen molar-refractivity contribution in [3.05, 3.63) is 0 Å². The number of urea groups is 1. The first-order valence-corrected chi connectivity index (χ1v) is 4.13. The lowest BCUT2D eigenvalue weighted by atomic mass is 9.91. The van der Waals surface area contributed by atoms with Crippen molar-refractivity contribution >= 4 is 12.0 Å². The molecule has 0 saturated heterocycles. The Morgan fingerprint density at radius 2 is 1.92 bits per heavy atom. The Morgan fingerprint density at radius 1 is 1.38 bits per heavy atom. The van der Waals surface area contributed by atoms with Gasteiger partial charge in [-0.2, -0.15) is 5.48 Å². The molecule has 0 aromatic carbocycles. The maximum absolute atomic E-state index is 11.3. The Labute approximate surface area is 77.8 Å². The van der Waals surface area contributed by atoms with Gasteiger partial charge in [0, 0.05) is 7.05 Å². The summed E-state index contributed by atoms with van der Waals surface area (Å²) in [5.41, 5.74) is 1.40. The van der Waals surface area contributed by atoms with E-state index in [0.29, 0.717) is 6.42 Å². The van der Waals surface area contributed by atoms with Gasteiger partial charge in [0.05, 0.1) is 5.41 Å². The highest BCUT2D eigenvalue weighted by molar-refractivity contribution is 5.79. The minimum atomic E-state index is -0.568. The van der Waals surface area contributed by atoms with Crippen LogP contribution in [-0.2, 0) is 9.63 Å². The average Bonchev–Trinajstić information content (AvgIpc) is 2.13. The van der Waals surface area contributed by atoms with E-state index in [2.05, 4.69) is 10.2 Å². The van der Waals surface area contributed by atoms with Crippen molar-refractivity contribution in [2.75, 3.05) is 7.05 Å². The normalized spacial score (nSPS) is 10.5. The third kappa shape index (κ3) is 3.78. The zero-order valence-corrected chi connectivity index (χ0v) is 8.43. The van der Waals surface area contributed by atoms with Gasteiger partial charge in [-0.1, -0.05) is 6.92 Å². The van der Waals surface area contributed by atoms with E-state index in [9.17, 15) is 9.59 Å². The van der Waals surface area contributed by atoms with Crippen LogP contribution in [0, 0.1) is 5.41 Å². The van der Waals surface area contributed by atoms with Gasteiger partial charge in [0.25, 0.3) is 0 Å². The van der Waals surface area contributed by atoms with Crippen molar-refractivity contribution in [1.82, 2.24) is 10.8 Å². The maximum Gasteiger partial charge on any atom is 0.347 e. The third-order valence-corrected chi connectivity index (χ3v) is 1.90. The predicted molar refractivity (Wildman–Crippen MR) is 47.8 cm³/mol. The van der Waals surface area contributed by atoms with E-state index in [1.807, 2.05) is 12.4 Å². The molecule has 0 aromatic rings. The number of hydrogen-bond donors (Lipinski definition) is 2. The van der Waals surface area contributed by atoms with Gasteiger partial charge in [0.15, 0.2) is 0 Å². The van der Waals surface area contributed by atoms with Crippen LogP contribution >= 0.6 is 0 Å². The summed E-state index contributed by atoms with van der Waals surface area (Å²) in [4.78, 5) is 26.4. The zero-order valence-electron chi connectivity index (χ0n) is 8.43. The minimum absolute atomic E-state index is 0.446. The molecule has 5 heteroatoms. The van der Waals surface area contributed by atoms with Crippen molar-refractivity contribution in [3.8, 4) is 0 Å². The van der Waals surface area contributed by atoms with E-state index in [0.717, 1.165) is 0 Å². The van der Waals surface area contributed by atoms with Gasteiger partial charge in [0.1, 0.15) is 0 Å². The van der Waals surface area contributed by atoms with Gasteiger partial charge in [-0.3, -0.25) is 0 Å². The van der Waals surface area contributed by atoms with Gasteiger partial charge in [0.2, 0.25) is 0 Å². The second kappa shape index (κ2) is 4.69. The summed E-state index contributed by atoms with van der Waals surface area (Å²) in [7, 11) is 1.44. The molecule has 0 fully saturated rings. The van der Waals surface area contributed by atoms with Crippen LogP contribution in [0.25, 0.3) is 0 Å². The lowest BCUT2D eigenvalue weighted by Crippen LogP contribution is -2.38. The van der Waals surface area contributed by atoms with Crippen molar-refractivity contribution in [3.63, 3.8) is 0 Å². The van der Waals surface area contributed by atoms with Gasteiger partial charge in [-0.25, -0.2) is 9.59 Å². The van der Waals surface area contributed by atoms with E-state index in [1.54, 1.807) is 13.8 Å². The van der Waals surface area contributed by atoms with Crippen LogP contribution in [0.5, 0.6) is 0 Å². The van der Waals surface area contributed by atoms with E-state index >= 15 is 0 Å². The number of nitrogens with one attached hydrogen (secondary N) is 2. The number of hydrogen-bond acceptors (Lipinski definition) is 3. The largest absolute Gasteiger partial charge is 0.347 e. The molecule has 0 saturated carbocycles. The van der Waals surface area contributed by atoms with E-state index in [1.165, 1.54) is 7.05 Å². The van der Waals surface area contributed by atoms with E-state index in [4.69, 9.17) is 0 Å². The van der Waals surface area contributed by atoms with Crippen molar-refractivity contribution < 1.29 is 14.4 Å². The molecule has 0 aromatic heterocycles. The maximum atomic E-state index is 11.3. The van der Waals surface area contributed by atoms with Crippen LogP contribution in [0.3, 0.4) is 0 Å². The van der Waals surface area contributed by atoms with Crippen LogP contribution in [0.15, 0.2) is 0 Å². The topological polar surface area (TPSA) is 67.4 Å². The van der Waals surface area contributed by atoms with Gasteiger partial charge in [-0.05, 0) is 20.3 Å². The smallest absolute Gasteiger partial charge is 0.339 e. The molecule has 0 rings (SSSR count). The molecule has 13 heavy (non-hydrogen) atoms. The van der Waals surface area contributed by atoms with Crippen molar-refractivity contribution in [2.24, 2.45) is 5.41 Å². The fourth-order valence-electron chi connectivity index (χ4n) is 0.426. The Kier molecular flexibility index (Phi) is 4.23. The standard InChI is InChI=1S/C8H16N2O3/c1-5-8(2,3)6(11)13-10-7(12)9-4/h5H2,1-4H3,(H2,9,10,12). The fourth-order valence-corrected chi connectivity index (χ4v) is 0.426. The highest BCUT2D eigenvalue weighted by atomic mass is 16.7. The molecule has 0 atom stereocenters. The lowest BCUT2D eigenvalue weighted by molar-refractivity contribution is -0.159. The number of hydroxylamine groups is 1. The Morgan fingerprint density at radius 3 is 2.31 bits per heavy atom. The highest BCUT2D eigenvalue weighted by Crippen LogP contribution is 2.20. The SMILES string of the molecule is CCC(C)(C)C(=O)ONC(=O)NC. The van der Waals surface area contributed by atoms with Crippen LogP contribution in [0.4, 0.5) is 4.79 Å². The number of carbonyl (C=O) groups is 2. The molecule has 76 valence electrons. The average molecular weight is 188 g/mol. The molecule has 2 amide bonds. The molecule has 0 spiro atoms. The van der Waals surface area contributed by atoms with Gasteiger partial charge >= 0.3 is 12.0 Å².